The van der Waals surface area contributed by atoms with Gasteiger partial charge >= 0.3 is 11.9 Å². The molecular formula is C25H19ClF3N9O3. The summed E-state index contributed by atoms with van der Waals surface area (Å²) < 4.78 is 42.3. The van der Waals surface area contributed by atoms with Gasteiger partial charge in [0.15, 0.2) is 17.8 Å². The molecule has 0 fully saturated rings. The molecule has 210 valence electrons. The van der Waals surface area contributed by atoms with Gasteiger partial charge in [-0.05, 0) is 42.5 Å². The number of carbonyl (C=O) groups is 1. The first-order chi connectivity index (χ1) is 19.6. The Kier molecular flexibility index (Phi) is 7.63. The van der Waals surface area contributed by atoms with Crippen molar-refractivity contribution in [2.45, 2.75) is 25.4 Å². The van der Waals surface area contributed by atoms with Crippen molar-refractivity contribution in [3.63, 3.8) is 0 Å². The third-order valence-electron chi connectivity index (χ3n) is 5.81. The van der Waals surface area contributed by atoms with Crippen LogP contribution in [0.5, 0.6) is 0 Å². The van der Waals surface area contributed by atoms with Crippen molar-refractivity contribution in [2.75, 3.05) is 5.32 Å². The summed E-state index contributed by atoms with van der Waals surface area (Å²) in [4.78, 5) is 38.0. The normalized spacial score (nSPS) is 12.3. The van der Waals surface area contributed by atoms with E-state index in [4.69, 9.17) is 11.6 Å². The van der Waals surface area contributed by atoms with E-state index < -0.39 is 30.4 Å². The van der Waals surface area contributed by atoms with Gasteiger partial charge in [-0.25, -0.2) is 29.1 Å². The summed E-state index contributed by atoms with van der Waals surface area (Å²) in [7, 11) is 0. The van der Waals surface area contributed by atoms with Crippen molar-refractivity contribution in [1.82, 2.24) is 39.1 Å². The van der Waals surface area contributed by atoms with Crippen LogP contribution in [0.2, 0.25) is 5.02 Å². The Balaban J connectivity index is 1.45. The van der Waals surface area contributed by atoms with Gasteiger partial charge in [-0.2, -0.15) is 13.2 Å². The zero-order chi connectivity index (χ0) is 29.1. The molecule has 2 aromatic carbocycles. The maximum Gasteiger partial charge on any atom is 0.416 e. The molecule has 12 nitrogen and oxygen atoms in total. The fourth-order valence-electron chi connectivity index (χ4n) is 3.83. The number of alkyl halides is 3. The van der Waals surface area contributed by atoms with Crippen LogP contribution in [-0.4, -0.2) is 62.4 Å². The number of anilines is 1. The lowest BCUT2D eigenvalue weighted by molar-refractivity contribution is -0.207. The van der Waals surface area contributed by atoms with Crippen LogP contribution in [0.15, 0.2) is 78.2 Å². The molecule has 0 radical (unpaired) electrons. The largest absolute Gasteiger partial charge is 0.416 e. The van der Waals surface area contributed by atoms with Crippen LogP contribution in [0.4, 0.5) is 19.0 Å². The summed E-state index contributed by atoms with van der Waals surface area (Å²) in [6.07, 6.45) is -3.67. The molecule has 0 aliphatic heterocycles. The second-order valence-corrected chi connectivity index (χ2v) is 9.05. The van der Waals surface area contributed by atoms with Gasteiger partial charge in [0, 0.05) is 16.8 Å². The maximum atomic E-state index is 13.1. The predicted molar refractivity (Wildman–Crippen MR) is 139 cm³/mol. The minimum atomic E-state index is -4.95. The average Bonchev–Trinajstić information content (AvgIpc) is 3.54. The number of aliphatic hydroxyl groups excluding tert-OH is 1. The molecule has 1 unspecified atom stereocenters. The number of nitrogens with one attached hydrogen (secondary N) is 1. The van der Waals surface area contributed by atoms with Gasteiger partial charge in [-0.1, -0.05) is 23.7 Å². The monoisotopic (exact) mass is 585 g/mol. The van der Waals surface area contributed by atoms with Crippen molar-refractivity contribution >= 4 is 23.3 Å². The highest BCUT2D eigenvalue weighted by Crippen LogP contribution is 2.24. The predicted octanol–water partition coefficient (Wildman–Crippen LogP) is 2.96. The van der Waals surface area contributed by atoms with Gasteiger partial charge in [0.2, 0.25) is 0 Å². The molecule has 41 heavy (non-hydrogen) atoms. The van der Waals surface area contributed by atoms with E-state index in [0.717, 1.165) is 9.25 Å². The van der Waals surface area contributed by atoms with Crippen molar-refractivity contribution in [3.05, 3.63) is 100 Å². The van der Waals surface area contributed by atoms with E-state index in [9.17, 15) is 27.9 Å². The number of hydrogen-bond acceptors (Lipinski definition) is 8. The lowest BCUT2D eigenvalue weighted by Gasteiger charge is -2.15. The van der Waals surface area contributed by atoms with E-state index in [1.165, 1.54) is 53.9 Å². The molecule has 0 spiro atoms. The number of halogens is 4. The Labute approximate surface area is 233 Å². The summed E-state index contributed by atoms with van der Waals surface area (Å²) in [6, 6.07) is 14.0. The number of aliphatic hydroxyl groups is 1. The van der Waals surface area contributed by atoms with Gasteiger partial charge in [0.05, 0.1) is 17.8 Å². The quantitative estimate of drug-likeness (QED) is 0.283. The van der Waals surface area contributed by atoms with Crippen LogP contribution in [0.25, 0.3) is 17.1 Å². The summed E-state index contributed by atoms with van der Waals surface area (Å²) >= 11 is 5.92. The van der Waals surface area contributed by atoms with Gasteiger partial charge in [-0.3, -0.25) is 9.36 Å². The summed E-state index contributed by atoms with van der Waals surface area (Å²) in [5.74, 6) is -0.203. The number of aromatic nitrogens is 8. The Hall–Kier alpha value is -4.89. The number of nitrogens with zero attached hydrogens (tertiary/aromatic N) is 8. The standard InChI is InChI=1S/C25H19ClF3N9O3/c26-16-7-5-15(6-8-16)22-35-37(24(41)36(22)11-19(39)25(27,28)29)12-21-32-14-38(34-21)18-4-2-1-3-17(18)23(40)33-20-9-10-30-13-31-20/h1-10,13-14,19,39H,11-12H2,(H,30,31,33,40). The van der Waals surface area contributed by atoms with E-state index in [1.807, 2.05) is 0 Å². The van der Waals surface area contributed by atoms with E-state index in [2.05, 4.69) is 30.5 Å². The topological polar surface area (TPSA) is 146 Å². The molecule has 5 aromatic rings. The number of hydrogen-bond donors (Lipinski definition) is 2. The molecule has 0 aliphatic carbocycles. The van der Waals surface area contributed by atoms with Crippen LogP contribution in [0.3, 0.4) is 0 Å². The number of para-hydroxylation sites is 1. The van der Waals surface area contributed by atoms with Crippen LogP contribution in [0, 0.1) is 0 Å². The molecular weight excluding hydrogens is 567 g/mol. The zero-order valence-corrected chi connectivity index (χ0v) is 21.5. The lowest BCUT2D eigenvalue weighted by atomic mass is 10.1. The Bertz CT molecular complexity index is 1740. The zero-order valence-electron chi connectivity index (χ0n) is 20.8. The first-order valence-electron chi connectivity index (χ1n) is 11.9. The second kappa shape index (κ2) is 11.3. The fourth-order valence-corrected chi connectivity index (χ4v) is 3.96. The van der Waals surface area contributed by atoms with Gasteiger partial charge in [-0.15, -0.1) is 10.2 Å². The van der Waals surface area contributed by atoms with Crippen molar-refractivity contribution < 1.29 is 23.1 Å². The first kappa shape index (κ1) is 27.7. The van der Waals surface area contributed by atoms with E-state index >= 15 is 0 Å². The molecule has 3 heterocycles. The van der Waals surface area contributed by atoms with Crippen molar-refractivity contribution in [2.24, 2.45) is 0 Å². The van der Waals surface area contributed by atoms with E-state index in [0.29, 0.717) is 22.1 Å². The SMILES string of the molecule is O=C(Nc1ccncn1)c1ccccc1-n1cnc(Cn2nc(-c3ccc(Cl)cc3)n(CC(O)C(F)(F)F)c2=O)n1. The molecule has 0 saturated carbocycles. The number of amides is 1. The summed E-state index contributed by atoms with van der Waals surface area (Å²) in [6.45, 7) is -1.38. The summed E-state index contributed by atoms with van der Waals surface area (Å²) in [5.41, 5.74) is 0.00183. The molecule has 0 aliphatic rings. The first-order valence-corrected chi connectivity index (χ1v) is 12.2. The minimum Gasteiger partial charge on any atom is -0.382 e. The molecule has 1 atom stereocenters. The highest BCUT2D eigenvalue weighted by Gasteiger charge is 2.39. The minimum absolute atomic E-state index is 0.0850. The lowest BCUT2D eigenvalue weighted by Crippen LogP contribution is -2.37. The second-order valence-electron chi connectivity index (χ2n) is 8.61. The highest BCUT2D eigenvalue weighted by molar-refractivity contribution is 6.30. The molecule has 3 aromatic heterocycles. The van der Waals surface area contributed by atoms with E-state index in [-0.39, 0.29) is 23.8 Å². The van der Waals surface area contributed by atoms with Gasteiger partial charge in [0.25, 0.3) is 5.91 Å². The number of rotatable bonds is 8. The molecule has 16 heteroatoms. The number of benzene rings is 2. The molecule has 0 saturated heterocycles. The third-order valence-corrected chi connectivity index (χ3v) is 6.06. The Morgan fingerprint density at radius 3 is 2.51 bits per heavy atom. The molecule has 2 N–H and O–H groups in total. The maximum absolute atomic E-state index is 13.1. The Morgan fingerprint density at radius 1 is 1.05 bits per heavy atom. The van der Waals surface area contributed by atoms with E-state index in [1.54, 1.807) is 24.3 Å². The van der Waals surface area contributed by atoms with Gasteiger partial charge < -0.3 is 10.4 Å². The third kappa shape index (κ3) is 6.15. The fraction of sp³-hybridized carbons (Fsp3) is 0.160. The number of carbonyl (C=O) groups excluding carboxylic acids is 1. The van der Waals surface area contributed by atoms with Gasteiger partial charge in [0.1, 0.15) is 25.0 Å². The summed E-state index contributed by atoms with van der Waals surface area (Å²) in [5, 5.41) is 21.2. The molecule has 5 rings (SSSR count). The highest BCUT2D eigenvalue weighted by atomic mass is 35.5. The van der Waals surface area contributed by atoms with Crippen LogP contribution >= 0.6 is 11.6 Å². The molecule has 0 bridgehead atoms. The van der Waals surface area contributed by atoms with Crippen molar-refractivity contribution in [3.8, 4) is 17.1 Å². The smallest absolute Gasteiger partial charge is 0.382 e. The molecule has 1 amide bonds. The van der Waals surface area contributed by atoms with Crippen LogP contribution in [-0.2, 0) is 13.1 Å². The average molecular weight is 586 g/mol. The Morgan fingerprint density at radius 2 is 1.80 bits per heavy atom. The van der Waals surface area contributed by atoms with Crippen molar-refractivity contribution in [1.29, 1.82) is 0 Å². The van der Waals surface area contributed by atoms with Crippen LogP contribution < -0.4 is 11.0 Å². The van der Waals surface area contributed by atoms with Crippen LogP contribution in [0.1, 0.15) is 16.2 Å².